The summed E-state index contributed by atoms with van der Waals surface area (Å²) in [7, 11) is 0. The molecule has 2 heteroatoms. The van der Waals surface area contributed by atoms with Crippen LogP contribution in [0.25, 0.3) is 0 Å². The Morgan fingerprint density at radius 1 is 1.88 bits per heavy atom. The molecule has 1 aliphatic rings. The summed E-state index contributed by atoms with van der Waals surface area (Å²) in [5.41, 5.74) is 0. The van der Waals surface area contributed by atoms with E-state index in [1.807, 2.05) is 11.8 Å². The minimum atomic E-state index is 0.898. The second-order valence-corrected chi connectivity index (χ2v) is 2.77. The van der Waals surface area contributed by atoms with E-state index in [-0.39, 0.29) is 0 Å². The van der Waals surface area contributed by atoms with Crippen LogP contribution in [0.15, 0.2) is 11.1 Å². The van der Waals surface area contributed by atoms with Gasteiger partial charge in [0.1, 0.15) is 0 Å². The lowest BCUT2D eigenvalue weighted by atomic mass is 10.5. The summed E-state index contributed by atoms with van der Waals surface area (Å²) < 4.78 is 0. The average molecular weight is 128 g/mol. The summed E-state index contributed by atoms with van der Waals surface area (Å²) in [5.74, 6) is 1.21. The van der Waals surface area contributed by atoms with Crippen LogP contribution in [0.1, 0.15) is 6.42 Å². The van der Waals surface area contributed by atoms with Crippen molar-refractivity contribution in [2.45, 2.75) is 6.42 Å². The molecule has 1 rings (SSSR count). The third-order valence-corrected chi connectivity index (χ3v) is 2.02. The van der Waals surface area contributed by atoms with Crippen molar-refractivity contribution in [2.24, 2.45) is 0 Å². The molecule has 0 atom stereocenters. The molecule has 0 spiro atoms. The van der Waals surface area contributed by atoms with Crippen molar-refractivity contribution in [3.05, 3.63) is 18.0 Å². The van der Waals surface area contributed by atoms with Crippen molar-refractivity contribution in [1.29, 1.82) is 0 Å². The molecular formula is C6H10NS. The molecule has 1 nitrogen and oxygen atoms in total. The van der Waals surface area contributed by atoms with Gasteiger partial charge in [0.25, 0.3) is 0 Å². The minimum Gasteiger partial charge on any atom is -0.379 e. The van der Waals surface area contributed by atoms with E-state index in [0.29, 0.717) is 0 Å². The van der Waals surface area contributed by atoms with Gasteiger partial charge >= 0.3 is 0 Å². The van der Waals surface area contributed by atoms with Gasteiger partial charge < -0.3 is 5.32 Å². The number of hydrogen-bond acceptors (Lipinski definition) is 2. The normalized spacial score (nSPS) is 23.9. The molecule has 8 heavy (non-hydrogen) atoms. The van der Waals surface area contributed by atoms with Crippen LogP contribution in [0.5, 0.6) is 0 Å². The fourth-order valence-corrected chi connectivity index (χ4v) is 1.51. The molecule has 0 aromatic heterocycles. The van der Waals surface area contributed by atoms with Gasteiger partial charge in [0.2, 0.25) is 0 Å². The number of rotatable bonds is 1. The van der Waals surface area contributed by atoms with Crippen LogP contribution in [0.2, 0.25) is 0 Å². The first-order valence-electron chi connectivity index (χ1n) is 2.79. The first kappa shape index (κ1) is 6.02. The molecule has 0 bridgehead atoms. The van der Waals surface area contributed by atoms with Crippen molar-refractivity contribution in [1.82, 2.24) is 5.32 Å². The van der Waals surface area contributed by atoms with Crippen LogP contribution in [-0.4, -0.2) is 12.3 Å². The van der Waals surface area contributed by atoms with E-state index in [1.165, 1.54) is 10.8 Å². The highest BCUT2D eigenvalue weighted by Gasteiger charge is 2.02. The zero-order valence-electron chi connectivity index (χ0n) is 4.81. The van der Waals surface area contributed by atoms with Gasteiger partial charge in [0.05, 0.1) is 5.03 Å². The Balaban J connectivity index is 2.33. The van der Waals surface area contributed by atoms with Gasteiger partial charge in [0.15, 0.2) is 0 Å². The van der Waals surface area contributed by atoms with E-state index in [0.717, 1.165) is 13.0 Å². The summed E-state index contributed by atoms with van der Waals surface area (Å²) in [6.45, 7) is 4.84. The van der Waals surface area contributed by atoms with Crippen LogP contribution < -0.4 is 5.32 Å². The van der Waals surface area contributed by atoms with Crippen LogP contribution in [0, 0.1) is 6.92 Å². The fraction of sp³-hybridized carbons (Fsp3) is 0.500. The van der Waals surface area contributed by atoms with E-state index in [2.05, 4.69) is 18.3 Å². The topological polar surface area (TPSA) is 12.0 Å². The van der Waals surface area contributed by atoms with E-state index >= 15 is 0 Å². The van der Waals surface area contributed by atoms with Crippen molar-refractivity contribution in [3.8, 4) is 0 Å². The second-order valence-electron chi connectivity index (χ2n) is 1.63. The second kappa shape index (κ2) is 3.02. The highest BCUT2D eigenvalue weighted by molar-refractivity contribution is 8.03. The summed E-state index contributed by atoms with van der Waals surface area (Å²) in [4.78, 5) is 0. The summed E-state index contributed by atoms with van der Waals surface area (Å²) >= 11 is 1.88. The minimum absolute atomic E-state index is 0.898. The van der Waals surface area contributed by atoms with Crippen molar-refractivity contribution >= 4 is 11.8 Å². The zero-order chi connectivity index (χ0) is 5.82. The van der Waals surface area contributed by atoms with Gasteiger partial charge in [0, 0.05) is 12.3 Å². The molecule has 0 aromatic rings. The van der Waals surface area contributed by atoms with E-state index < -0.39 is 0 Å². The number of nitrogens with one attached hydrogen (secondary N) is 1. The predicted octanol–water partition coefficient (Wildman–Crippen LogP) is 1.39. The third-order valence-electron chi connectivity index (χ3n) is 0.989. The Bertz CT molecular complexity index is 90.7. The average Bonchev–Trinajstić information content (AvgIpc) is 2.19. The maximum absolute atomic E-state index is 3.72. The summed E-state index contributed by atoms with van der Waals surface area (Å²) in [6.07, 6.45) is 3.02. The number of thioether (sulfide) groups is 1. The highest BCUT2D eigenvalue weighted by atomic mass is 32.2. The van der Waals surface area contributed by atoms with Crippen LogP contribution in [-0.2, 0) is 0 Å². The van der Waals surface area contributed by atoms with Crippen LogP contribution in [0.3, 0.4) is 0 Å². The molecule has 0 aliphatic carbocycles. The van der Waals surface area contributed by atoms with Crippen molar-refractivity contribution in [2.75, 3.05) is 12.3 Å². The Labute approximate surface area is 54.5 Å². The molecule has 45 valence electrons. The highest BCUT2D eigenvalue weighted by Crippen LogP contribution is 2.17. The number of allylic oxidation sites excluding steroid dienone is 1. The molecule has 1 aliphatic heterocycles. The predicted molar refractivity (Wildman–Crippen MR) is 38.5 cm³/mol. The molecule has 1 heterocycles. The molecule has 0 aromatic carbocycles. The van der Waals surface area contributed by atoms with Gasteiger partial charge in [-0.1, -0.05) is 6.08 Å². The molecule has 0 unspecified atom stereocenters. The molecule has 1 fully saturated rings. The monoisotopic (exact) mass is 128 g/mol. The van der Waals surface area contributed by atoms with Crippen molar-refractivity contribution in [3.63, 3.8) is 0 Å². The van der Waals surface area contributed by atoms with E-state index in [9.17, 15) is 0 Å². The maximum Gasteiger partial charge on any atom is 0.0641 e. The number of hydrogen-bond donors (Lipinski definition) is 1. The Hall–Kier alpha value is -0.110. The van der Waals surface area contributed by atoms with Gasteiger partial charge in [-0.3, -0.25) is 0 Å². The Morgan fingerprint density at radius 3 is 3.25 bits per heavy atom. The fourth-order valence-electron chi connectivity index (χ4n) is 0.648. The molecule has 0 saturated carbocycles. The lowest BCUT2D eigenvalue weighted by Gasteiger charge is -1.92. The quantitative estimate of drug-likeness (QED) is 0.572. The SMILES string of the molecule is [CH2]CC=C1NCCS1. The van der Waals surface area contributed by atoms with Gasteiger partial charge in [-0.2, -0.15) is 0 Å². The Morgan fingerprint density at radius 2 is 2.75 bits per heavy atom. The van der Waals surface area contributed by atoms with Gasteiger partial charge in [-0.25, -0.2) is 0 Å². The maximum atomic E-state index is 3.72. The van der Waals surface area contributed by atoms with Crippen molar-refractivity contribution < 1.29 is 0 Å². The molecular weight excluding hydrogens is 118 g/mol. The lowest BCUT2D eigenvalue weighted by Crippen LogP contribution is -2.03. The largest absolute Gasteiger partial charge is 0.379 e. The first-order valence-corrected chi connectivity index (χ1v) is 3.78. The van der Waals surface area contributed by atoms with E-state index in [4.69, 9.17) is 0 Å². The van der Waals surface area contributed by atoms with Crippen LogP contribution >= 0.6 is 11.8 Å². The molecule has 0 amide bonds. The van der Waals surface area contributed by atoms with Gasteiger partial charge in [-0.15, -0.1) is 11.8 Å². The van der Waals surface area contributed by atoms with E-state index in [1.54, 1.807) is 0 Å². The smallest absolute Gasteiger partial charge is 0.0641 e. The molecule has 1 saturated heterocycles. The van der Waals surface area contributed by atoms with Gasteiger partial charge in [-0.05, 0) is 13.3 Å². The lowest BCUT2D eigenvalue weighted by molar-refractivity contribution is 0.941. The molecule has 1 N–H and O–H groups in total. The molecule has 1 radical (unpaired) electrons. The zero-order valence-corrected chi connectivity index (χ0v) is 5.63. The first-order chi connectivity index (χ1) is 3.93. The standard InChI is InChI=1S/C6H10NS/c1-2-3-6-7-4-5-8-6/h3,7H,1-2,4-5H2. The Kier molecular flexibility index (Phi) is 2.27. The third kappa shape index (κ3) is 1.44. The summed E-state index contributed by atoms with van der Waals surface area (Å²) in [5, 5.41) is 4.55. The summed E-state index contributed by atoms with van der Waals surface area (Å²) in [6, 6.07) is 0. The van der Waals surface area contributed by atoms with Crippen LogP contribution in [0.4, 0.5) is 0 Å².